The first-order valence-corrected chi connectivity index (χ1v) is 4.80. The molecule has 0 fully saturated rings. The SMILES string of the molecule is O=C(Nc1ccc(F)c(Cl)c1)c1ncc[nH]1. The topological polar surface area (TPSA) is 57.8 Å². The predicted molar refractivity (Wildman–Crippen MR) is 58.0 cm³/mol. The van der Waals surface area contributed by atoms with Gasteiger partial charge in [-0.15, -0.1) is 0 Å². The zero-order valence-corrected chi connectivity index (χ0v) is 8.75. The number of amides is 1. The number of carbonyl (C=O) groups excluding carboxylic acids is 1. The van der Waals surface area contributed by atoms with Gasteiger partial charge in [0.2, 0.25) is 0 Å². The third kappa shape index (κ3) is 2.20. The van der Waals surface area contributed by atoms with Crippen LogP contribution in [-0.4, -0.2) is 15.9 Å². The molecule has 2 rings (SSSR count). The molecule has 0 aliphatic rings. The Hall–Kier alpha value is -1.88. The Morgan fingerprint density at radius 3 is 2.94 bits per heavy atom. The van der Waals surface area contributed by atoms with Crippen molar-refractivity contribution in [2.45, 2.75) is 0 Å². The van der Waals surface area contributed by atoms with Crippen LogP contribution in [0.25, 0.3) is 0 Å². The van der Waals surface area contributed by atoms with Crippen LogP contribution in [0.15, 0.2) is 30.6 Å². The lowest BCUT2D eigenvalue weighted by Gasteiger charge is -2.03. The maximum absolute atomic E-state index is 12.8. The van der Waals surface area contributed by atoms with Gasteiger partial charge in [0.15, 0.2) is 5.82 Å². The van der Waals surface area contributed by atoms with Crippen molar-refractivity contribution >= 4 is 23.2 Å². The van der Waals surface area contributed by atoms with Gasteiger partial charge in [-0.3, -0.25) is 4.79 Å². The van der Waals surface area contributed by atoms with E-state index in [-0.39, 0.29) is 10.8 Å². The predicted octanol–water partition coefficient (Wildman–Crippen LogP) is 2.45. The number of rotatable bonds is 2. The van der Waals surface area contributed by atoms with Gasteiger partial charge in [0.1, 0.15) is 5.82 Å². The summed E-state index contributed by atoms with van der Waals surface area (Å²) in [6.07, 6.45) is 3.00. The van der Waals surface area contributed by atoms with Crippen LogP contribution in [0.3, 0.4) is 0 Å². The quantitative estimate of drug-likeness (QED) is 0.846. The van der Waals surface area contributed by atoms with Gasteiger partial charge in [0, 0.05) is 18.1 Å². The van der Waals surface area contributed by atoms with Crippen LogP contribution in [0.1, 0.15) is 10.6 Å². The number of H-pyrrole nitrogens is 1. The zero-order valence-electron chi connectivity index (χ0n) is 8.00. The molecule has 0 spiro atoms. The number of hydrogen-bond donors (Lipinski definition) is 2. The van der Waals surface area contributed by atoms with Crippen molar-refractivity contribution in [3.63, 3.8) is 0 Å². The second-order valence-electron chi connectivity index (χ2n) is 3.02. The monoisotopic (exact) mass is 239 g/mol. The fraction of sp³-hybridized carbons (Fsp3) is 0. The summed E-state index contributed by atoms with van der Waals surface area (Å²) in [5.74, 6) is -0.759. The summed E-state index contributed by atoms with van der Waals surface area (Å²) in [6, 6.07) is 3.93. The Morgan fingerprint density at radius 1 is 1.50 bits per heavy atom. The molecule has 16 heavy (non-hydrogen) atoms. The fourth-order valence-electron chi connectivity index (χ4n) is 1.15. The van der Waals surface area contributed by atoms with Gasteiger partial charge in [0.25, 0.3) is 5.91 Å². The molecule has 0 aliphatic heterocycles. The normalized spacial score (nSPS) is 10.1. The van der Waals surface area contributed by atoms with Crippen LogP contribution in [0.2, 0.25) is 5.02 Å². The Balaban J connectivity index is 2.15. The molecule has 2 N–H and O–H groups in total. The highest BCUT2D eigenvalue weighted by molar-refractivity contribution is 6.31. The number of halogens is 2. The number of anilines is 1. The standard InChI is InChI=1S/C10H7ClFN3O/c11-7-5-6(1-2-8(7)12)15-10(16)9-13-3-4-14-9/h1-5H,(H,13,14)(H,15,16). The minimum atomic E-state index is -0.530. The van der Waals surface area contributed by atoms with Crippen molar-refractivity contribution in [1.82, 2.24) is 9.97 Å². The van der Waals surface area contributed by atoms with E-state index in [0.717, 1.165) is 0 Å². The average Bonchev–Trinajstić information content (AvgIpc) is 2.77. The van der Waals surface area contributed by atoms with Crippen LogP contribution < -0.4 is 5.32 Å². The third-order valence-corrected chi connectivity index (χ3v) is 2.18. The molecule has 1 aromatic carbocycles. The number of carbonyl (C=O) groups is 1. The first-order valence-electron chi connectivity index (χ1n) is 4.42. The van der Waals surface area contributed by atoms with Crippen molar-refractivity contribution in [3.05, 3.63) is 47.3 Å². The van der Waals surface area contributed by atoms with E-state index in [0.29, 0.717) is 5.69 Å². The van der Waals surface area contributed by atoms with Crippen LogP contribution >= 0.6 is 11.6 Å². The molecule has 4 nitrogen and oxygen atoms in total. The van der Waals surface area contributed by atoms with E-state index in [4.69, 9.17) is 11.6 Å². The Morgan fingerprint density at radius 2 is 2.31 bits per heavy atom. The molecule has 0 bridgehead atoms. The van der Waals surface area contributed by atoms with Gasteiger partial charge in [0.05, 0.1) is 5.02 Å². The summed E-state index contributed by atoms with van der Waals surface area (Å²) >= 11 is 5.57. The number of aromatic amines is 1. The van der Waals surface area contributed by atoms with E-state index >= 15 is 0 Å². The zero-order chi connectivity index (χ0) is 11.5. The summed E-state index contributed by atoms with van der Waals surface area (Å²) in [6.45, 7) is 0. The minimum absolute atomic E-state index is 0.0442. The van der Waals surface area contributed by atoms with E-state index in [1.165, 1.54) is 30.6 Å². The Bertz CT molecular complexity index is 513. The van der Waals surface area contributed by atoms with Gasteiger partial charge in [-0.2, -0.15) is 0 Å². The van der Waals surface area contributed by atoms with Gasteiger partial charge in [-0.1, -0.05) is 11.6 Å². The molecule has 1 amide bonds. The molecule has 1 aromatic heterocycles. The lowest BCUT2D eigenvalue weighted by molar-refractivity contribution is 0.101. The number of nitrogens with one attached hydrogen (secondary N) is 2. The van der Waals surface area contributed by atoms with Crippen molar-refractivity contribution < 1.29 is 9.18 Å². The lowest BCUT2D eigenvalue weighted by Crippen LogP contribution is -2.13. The molecule has 0 saturated heterocycles. The van der Waals surface area contributed by atoms with Crippen molar-refractivity contribution in [2.75, 3.05) is 5.32 Å². The largest absolute Gasteiger partial charge is 0.341 e. The molecular weight excluding hydrogens is 233 g/mol. The number of nitrogens with zero attached hydrogens (tertiary/aromatic N) is 1. The van der Waals surface area contributed by atoms with Crippen LogP contribution in [-0.2, 0) is 0 Å². The van der Waals surface area contributed by atoms with E-state index < -0.39 is 11.7 Å². The molecule has 0 aliphatic carbocycles. The summed E-state index contributed by atoms with van der Waals surface area (Å²) in [7, 11) is 0. The van der Waals surface area contributed by atoms with E-state index in [1.54, 1.807) is 0 Å². The summed E-state index contributed by atoms with van der Waals surface area (Å²) < 4.78 is 12.8. The molecule has 1 heterocycles. The van der Waals surface area contributed by atoms with Crippen LogP contribution in [0.5, 0.6) is 0 Å². The Labute approximate surface area is 95.5 Å². The second-order valence-corrected chi connectivity index (χ2v) is 3.43. The summed E-state index contributed by atoms with van der Waals surface area (Å²) in [5, 5.41) is 2.48. The van der Waals surface area contributed by atoms with Crippen LogP contribution in [0, 0.1) is 5.82 Å². The van der Waals surface area contributed by atoms with Gasteiger partial charge < -0.3 is 10.3 Å². The van der Waals surface area contributed by atoms with Gasteiger partial charge >= 0.3 is 0 Å². The highest BCUT2D eigenvalue weighted by Gasteiger charge is 2.09. The van der Waals surface area contributed by atoms with Crippen molar-refractivity contribution in [2.24, 2.45) is 0 Å². The van der Waals surface area contributed by atoms with E-state index in [9.17, 15) is 9.18 Å². The molecule has 6 heteroatoms. The average molecular weight is 240 g/mol. The molecule has 82 valence electrons. The number of aromatic nitrogens is 2. The maximum atomic E-state index is 12.8. The molecule has 0 radical (unpaired) electrons. The first kappa shape index (κ1) is 10.6. The van der Waals surface area contributed by atoms with E-state index in [2.05, 4.69) is 15.3 Å². The van der Waals surface area contributed by atoms with Gasteiger partial charge in [-0.25, -0.2) is 9.37 Å². The highest BCUT2D eigenvalue weighted by atomic mass is 35.5. The van der Waals surface area contributed by atoms with Gasteiger partial charge in [-0.05, 0) is 18.2 Å². The summed E-state index contributed by atoms with van der Waals surface area (Å²) in [4.78, 5) is 18.0. The van der Waals surface area contributed by atoms with E-state index in [1.807, 2.05) is 0 Å². The second kappa shape index (κ2) is 4.32. The smallest absolute Gasteiger partial charge is 0.291 e. The maximum Gasteiger partial charge on any atom is 0.291 e. The third-order valence-electron chi connectivity index (χ3n) is 1.89. The van der Waals surface area contributed by atoms with Crippen molar-refractivity contribution in [3.8, 4) is 0 Å². The molecule has 0 unspecified atom stereocenters. The number of benzene rings is 1. The summed E-state index contributed by atoms with van der Waals surface area (Å²) in [5.41, 5.74) is 0.410. The fourth-order valence-corrected chi connectivity index (χ4v) is 1.33. The lowest BCUT2D eigenvalue weighted by atomic mass is 10.3. The molecule has 0 atom stereocenters. The first-order chi connectivity index (χ1) is 7.66. The highest BCUT2D eigenvalue weighted by Crippen LogP contribution is 2.19. The molecule has 2 aromatic rings. The molecule has 0 saturated carbocycles. The van der Waals surface area contributed by atoms with Crippen molar-refractivity contribution in [1.29, 1.82) is 0 Å². The molecular formula is C10H7ClFN3O. The minimum Gasteiger partial charge on any atom is -0.341 e. The number of imidazole rings is 1. The van der Waals surface area contributed by atoms with Crippen LogP contribution in [0.4, 0.5) is 10.1 Å². The Kier molecular flexibility index (Phi) is 2.87. The number of hydrogen-bond acceptors (Lipinski definition) is 2.